The summed E-state index contributed by atoms with van der Waals surface area (Å²) < 4.78 is 0.861. The van der Waals surface area contributed by atoms with Crippen molar-refractivity contribution in [3.8, 4) is 11.6 Å². The third kappa shape index (κ3) is 3.77. The summed E-state index contributed by atoms with van der Waals surface area (Å²) in [5, 5.41) is 26.7. The lowest BCUT2D eigenvalue weighted by atomic mass is 10.1. The second-order valence-corrected chi connectivity index (χ2v) is 5.08. The highest BCUT2D eigenvalue weighted by Crippen LogP contribution is 2.18. The van der Waals surface area contributed by atoms with E-state index in [9.17, 15) is 24.8 Å². The van der Waals surface area contributed by atoms with E-state index in [-0.39, 0.29) is 0 Å². The van der Waals surface area contributed by atoms with Crippen LogP contribution in [0.25, 0.3) is 5.69 Å². The number of hydrazine groups is 1. The SMILES string of the molecule is Cc1ccc(-n2c(O)c(C=NC(=N)N[N+](=O)[O-])c(=O)[nH]c2=O)cc1C. The van der Waals surface area contributed by atoms with Crippen LogP contribution in [0.2, 0.25) is 0 Å². The standard InChI is InChI=1S/C14H14N6O5/c1-7-3-4-9(5-8(7)2)19-12(22)10(11(21)17-14(19)23)6-16-13(15)18-20(24)25/h3-6,22H,1-2H3,(H2,15,18)(H,17,21,23). The van der Waals surface area contributed by atoms with Gasteiger partial charge in [0.15, 0.2) is 5.03 Å². The zero-order valence-electron chi connectivity index (χ0n) is 13.2. The number of rotatable bonds is 3. The highest BCUT2D eigenvalue weighted by molar-refractivity contribution is 5.92. The fourth-order valence-electron chi connectivity index (χ4n) is 2.00. The van der Waals surface area contributed by atoms with Crippen LogP contribution in [-0.4, -0.2) is 31.9 Å². The van der Waals surface area contributed by atoms with E-state index in [1.807, 2.05) is 18.8 Å². The number of H-pyrrole nitrogens is 1. The fourth-order valence-corrected chi connectivity index (χ4v) is 2.00. The average Bonchev–Trinajstić information content (AvgIpc) is 2.49. The van der Waals surface area contributed by atoms with Crippen LogP contribution in [0, 0.1) is 29.4 Å². The summed E-state index contributed by atoms with van der Waals surface area (Å²) in [6.45, 7) is 3.69. The van der Waals surface area contributed by atoms with Gasteiger partial charge >= 0.3 is 5.69 Å². The van der Waals surface area contributed by atoms with Gasteiger partial charge in [-0.05, 0) is 37.1 Å². The molecular formula is C14H14N6O5. The van der Waals surface area contributed by atoms with Crippen molar-refractivity contribution in [2.24, 2.45) is 4.99 Å². The molecule has 0 amide bonds. The molecule has 0 saturated carbocycles. The summed E-state index contributed by atoms with van der Waals surface area (Å²) >= 11 is 0. The first kappa shape index (κ1) is 17.6. The third-order valence-corrected chi connectivity index (χ3v) is 3.39. The van der Waals surface area contributed by atoms with Crippen LogP contribution in [0.4, 0.5) is 0 Å². The number of aliphatic imine (C=N–C) groups is 1. The Morgan fingerprint density at radius 2 is 2.08 bits per heavy atom. The van der Waals surface area contributed by atoms with Gasteiger partial charge in [-0.15, -0.1) is 0 Å². The normalized spacial score (nSPS) is 10.8. The summed E-state index contributed by atoms with van der Waals surface area (Å²) in [5.74, 6) is -1.55. The van der Waals surface area contributed by atoms with E-state index < -0.39 is 33.7 Å². The number of aromatic nitrogens is 2. The van der Waals surface area contributed by atoms with Crippen molar-refractivity contribution in [1.29, 1.82) is 5.41 Å². The molecule has 1 aromatic carbocycles. The summed E-state index contributed by atoms with van der Waals surface area (Å²) in [6.07, 6.45) is 0.754. The number of nitrogens with one attached hydrogen (secondary N) is 3. The van der Waals surface area contributed by atoms with E-state index in [4.69, 9.17) is 5.41 Å². The van der Waals surface area contributed by atoms with Crippen molar-refractivity contribution in [3.05, 3.63) is 65.8 Å². The second kappa shape index (κ2) is 6.78. The van der Waals surface area contributed by atoms with Gasteiger partial charge in [-0.25, -0.2) is 24.5 Å². The maximum absolute atomic E-state index is 12.1. The van der Waals surface area contributed by atoms with Crippen LogP contribution in [-0.2, 0) is 0 Å². The summed E-state index contributed by atoms with van der Waals surface area (Å²) in [5.41, 5.74) is 1.39. The molecule has 2 aromatic rings. The smallest absolute Gasteiger partial charge is 0.335 e. The van der Waals surface area contributed by atoms with Crippen molar-refractivity contribution in [2.75, 3.05) is 0 Å². The summed E-state index contributed by atoms with van der Waals surface area (Å²) in [6, 6.07) is 4.97. The molecule has 0 aliphatic rings. The lowest BCUT2D eigenvalue weighted by molar-refractivity contribution is -0.525. The minimum Gasteiger partial charge on any atom is -0.493 e. The predicted octanol–water partition coefficient (Wildman–Crippen LogP) is -0.0168. The first-order valence-electron chi connectivity index (χ1n) is 6.90. The van der Waals surface area contributed by atoms with Crippen molar-refractivity contribution in [1.82, 2.24) is 15.0 Å². The number of hydrogen-bond donors (Lipinski definition) is 4. The molecule has 0 saturated heterocycles. The van der Waals surface area contributed by atoms with Gasteiger partial charge in [0.2, 0.25) is 5.88 Å². The van der Waals surface area contributed by atoms with E-state index in [0.717, 1.165) is 21.9 Å². The van der Waals surface area contributed by atoms with E-state index in [0.29, 0.717) is 5.69 Å². The molecule has 4 N–H and O–H groups in total. The topological polar surface area (TPSA) is 166 Å². The van der Waals surface area contributed by atoms with Crippen LogP contribution < -0.4 is 16.7 Å². The number of guanidine groups is 1. The Morgan fingerprint density at radius 3 is 2.68 bits per heavy atom. The summed E-state index contributed by atoms with van der Waals surface area (Å²) in [7, 11) is 0. The van der Waals surface area contributed by atoms with Crippen LogP contribution in [0.1, 0.15) is 16.7 Å². The number of aromatic hydroxyl groups is 1. The van der Waals surface area contributed by atoms with Crippen molar-refractivity contribution in [2.45, 2.75) is 13.8 Å². The zero-order chi connectivity index (χ0) is 18.7. The van der Waals surface area contributed by atoms with Crippen molar-refractivity contribution < 1.29 is 10.1 Å². The first-order valence-corrected chi connectivity index (χ1v) is 6.90. The number of nitrogens with zero attached hydrogens (tertiary/aromatic N) is 3. The van der Waals surface area contributed by atoms with Crippen molar-refractivity contribution in [3.63, 3.8) is 0 Å². The molecule has 2 rings (SSSR count). The molecule has 11 nitrogen and oxygen atoms in total. The maximum atomic E-state index is 12.1. The minimum atomic E-state index is -1.00. The summed E-state index contributed by atoms with van der Waals surface area (Å²) in [4.78, 5) is 39.5. The number of aromatic amines is 1. The largest absolute Gasteiger partial charge is 0.493 e. The number of hydrogen-bond acceptors (Lipinski definition) is 6. The van der Waals surface area contributed by atoms with Gasteiger partial charge in [0.1, 0.15) is 5.56 Å². The van der Waals surface area contributed by atoms with Crippen LogP contribution in [0.15, 0.2) is 32.8 Å². The lowest BCUT2D eigenvalue weighted by Crippen LogP contribution is -2.32. The Morgan fingerprint density at radius 1 is 1.40 bits per heavy atom. The molecular weight excluding hydrogens is 332 g/mol. The third-order valence-electron chi connectivity index (χ3n) is 3.39. The second-order valence-electron chi connectivity index (χ2n) is 5.08. The van der Waals surface area contributed by atoms with E-state index in [2.05, 4.69) is 4.99 Å². The van der Waals surface area contributed by atoms with Gasteiger partial charge in [0.25, 0.3) is 11.5 Å². The molecule has 0 bridgehead atoms. The molecule has 1 heterocycles. The fraction of sp³-hybridized carbons (Fsp3) is 0.143. The molecule has 0 unspecified atom stereocenters. The molecule has 25 heavy (non-hydrogen) atoms. The molecule has 0 spiro atoms. The van der Waals surface area contributed by atoms with Gasteiger partial charge in [-0.2, -0.15) is 0 Å². The molecule has 0 radical (unpaired) electrons. The van der Waals surface area contributed by atoms with Crippen LogP contribution in [0.3, 0.4) is 0 Å². The quantitative estimate of drug-likeness (QED) is 0.264. The van der Waals surface area contributed by atoms with Gasteiger partial charge in [-0.1, -0.05) is 11.5 Å². The van der Waals surface area contributed by atoms with Crippen LogP contribution >= 0.6 is 0 Å². The Hall–Kier alpha value is -3.76. The Balaban J connectivity index is 2.57. The molecule has 0 fully saturated rings. The zero-order valence-corrected chi connectivity index (χ0v) is 13.2. The molecule has 0 aliphatic carbocycles. The molecule has 1 aromatic heterocycles. The average molecular weight is 346 g/mol. The maximum Gasteiger partial charge on any atom is 0.335 e. The monoisotopic (exact) mass is 346 g/mol. The Labute approximate surface area is 139 Å². The molecule has 0 aliphatic heterocycles. The highest BCUT2D eigenvalue weighted by Gasteiger charge is 2.15. The molecule has 11 heteroatoms. The highest BCUT2D eigenvalue weighted by atomic mass is 16.7. The first-order chi connectivity index (χ1) is 11.7. The van der Waals surface area contributed by atoms with Gasteiger partial charge in [0, 0.05) is 6.21 Å². The van der Waals surface area contributed by atoms with Gasteiger partial charge in [0.05, 0.1) is 5.69 Å². The lowest BCUT2D eigenvalue weighted by Gasteiger charge is -2.11. The number of benzene rings is 1. The molecule has 130 valence electrons. The minimum absolute atomic E-state index is 0.315. The van der Waals surface area contributed by atoms with Crippen LogP contribution in [0.5, 0.6) is 5.88 Å². The van der Waals surface area contributed by atoms with E-state index in [1.165, 1.54) is 5.43 Å². The molecule has 0 atom stereocenters. The Bertz CT molecular complexity index is 1000. The number of nitro groups is 1. The van der Waals surface area contributed by atoms with E-state index >= 15 is 0 Å². The Kier molecular flexibility index (Phi) is 4.77. The predicted molar refractivity (Wildman–Crippen MR) is 89.2 cm³/mol. The van der Waals surface area contributed by atoms with Gasteiger partial charge < -0.3 is 5.11 Å². The van der Waals surface area contributed by atoms with Crippen molar-refractivity contribution >= 4 is 12.2 Å². The van der Waals surface area contributed by atoms with Gasteiger partial charge in [-0.3, -0.25) is 15.2 Å². The number of aryl methyl sites for hydroxylation is 2. The van der Waals surface area contributed by atoms with E-state index in [1.54, 1.807) is 18.2 Å².